The molecule has 4 nitrogen and oxygen atoms in total. The molecule has 4 rings (SSSR count). The molecule has 2 aromatic heterocycles. The lowest BCUT2D eigenvalue weighted by Crippen LogP contribution is -2.10. The zero-order valence-electron chi connectivity index (χ0n) is 12.3. The number of ketones is 1. The number of aryl methyl sites for hydroxylation is 1. The van der Waals surface area contributed by atoms with E-state index in [4.69, 9.17) is 0 Å². The van der Waals surface area contributed by atoms with Gasteiger partial charge in [-0.1, -0.05) is 30.3 Å². The van der Waals surface area contributed by atoms with Crippen LogP contribution in [0.4, 0.5) is 0 Å². The van der Waals surface area contributed by atoms with Gasteiger partial charge in [0.05, 0.1) is 11.0 Å². The largest absolute Gasteiger partial charge is 0.289 e. The summed E-state index contributed by atoms with van der Waals surface area (Å²) in [6.45, 7) is 1.88. The summed E-state index contributed by atoms with van der Waals surface area (Å²) < 4.78 is 1.59. The van der Waals surface area contributed by atoms with Gasteiger partial charge in [0.15, 0.2) is 10.7 Å². The highest BCUT2D eigenvalue weighted by Gasteiger charge is 2.13. The van der Waals surface area contributed by atoms with Crippen molar-refractivity contribution in [1.82, 2.24) is 9.38 Å². The average molecular weight is 320 g/mol. The number of carbonyl (C=O) groups excluding carboxylic acids is 1. The van der Waals surface area contributed by atoms with Crippen molar-refractivity contribution in [3.05, 3.63) is 81.0 Å². The number of benzene rings is 2. The Hall–Kier alpha value is -2.79. The minimum atomic E-state index is -0.0964. The zero-order chi connectivity index (χ0) is 16.0. The second-order valence-corrected chi connectivity index (χ2v) is 6.54. The molecule has 0 radical (unpaired) electrons. The summed E-state index contributed by atoms with van der Waals surface area (Å²) in [4.78, 5) is 30.8. The Morgan fingerprint density at radius 3 is 2.61 bits per heavy atom. The molecule has 0 aliphatic rings. The molecule has 0 saturated heterocycles. The van der Waals surface area contributed by atoms with Gasteiger partial charge in [-0.15, -0.1) is 11.3 Å². The molecule has 2 aromatic carbocycles. The van der Waals surface area contributed by atoms with E-state index in [0.29, 0.717) is 21.6 Å². The standard InChI is InChI=1S/C18H12N2O2S/c1-11-9-16(21)20-15-8-7-13(10-14(15)19-18(20)23-11)17(22)12-5-3-2-4-6-12/h2-10H,1H3. The summed E-state index contributed by atoms with van der Waals surface area (Å²) in [5.74, 6) is -0.0493. The van der Waals surface area contributed by atoms with Crippen molar-refractivity contribution in [3.8, 4) is 0 Å². The second kappa shape index (κ2) is 5.14. The number of rotatable bonds is 2. The van der Waals surface area contributed by atoms with E-state index < -0.39 is 0 Å². The molecule has 0 bridgehead atoms. The van der Waals surface area contributed by atoms with E-state index in [1.807, 2.05) is 25.1 Å². The Balaban J connectivity index is 1.92. The van der Waals surface area contributed by atoms with E-state index in [1.165, 1.54) is 11.3 Å². The Kier molecular flexibility index (Phi) is 3.09. The highest BCUT2D eigenvalue weighted by atomic mass is 32.1. The normalized spacial score (nSPS) is 11.2. The lowest BCUT2D eigenvalue weighted by molar-refractivity contribution is 0.103. The van der Waals surface area contributed by atoms with Crippen molar-refractivity contribution in [2.45, 2.75) is 6.92 Å². The quantitative estimate of drug-likeness (QED) is 0.532. The van der Waals surface area contributed by atoms with Crippen LogP contribution in [0.2, 0.25) is 0 Å². The summed E-state index contributed by atoms with van der Waals surface area (Å²) in [5, 5.41) is 0. The molecular weight excluding hydrogens is 308 g/mol. The van der Waals surface area contributed by atoms with Gasteiger partial charge in [0.1, 0.15) is 0 Å². The third-order valence-corrected chi connectivity index (χ3v) is 4.62. The van der Waals surface area contributed by atoms with E-state index in [-0.39, 0.29) is 11.3 Å². The van der Waals surface area contributed by atoms with Crippen LogP contribution in [0.3, 0.4) is 0 Å². The van der Waals surface area contributed by atoms with Crippen molar-refractivity contribution in [3.63, 3.8) is 0 Å². The maximum atomic E-state index is 12.5. The van der Waals surface area contributed by atoms with Gasteiger partial charge in [-0.05, 0) is 25.1 Å². The Labute approximate surface area is 135 Å². The van der Waals surface area contributed by atoms with E-state index in [9.17, 15) is 9.59 Å². The number of aromatic nitrogens is 2. The van der Waals surface area contributed by atoms with Gasteiger partial charge >= 0.3 is 0 Å². The Bertz CT molecular complexity index is 1110. The maximum absolute atomic E-state index is 12.5. The molecule has 4 aromatic rings. The third kappa shape index (κ3) is 2.26. The molecule has 112 valence electrons. The van der Waals surface area contributed by atoms with Crippen LogP contribution in [-0.2, 0) is 0 Å². The highest BCUT2D eigenvalue weighted by Crippen LogP contribution is 2.21. The fraction of sp³-hybridized carbons (Fsp3) is 0.0556. The van der Waals surface area contributed by atoms with Crippen LogP contribution in [0.15, 0.2) is 59.4 Å². The molecular formula is C18H12N2O2S. The third-order valence-electron chi connectivity index (χ3n) is 3.72. The van der Waals surface area contributed by atoms with E-state index in [1.54, 1.807) is 40.8 Å². The summed E-state index contributed by atoms with van der Waals surface area (Å²) in [5.41, 5.74) is 2.50. The van der Waals surface area contributed by atoms with Crippen LogP contribution in [0.5, 0.6) is 0 Å². The lowest BCUT2D eigenvalue weighted by atomic mass is 10.0. The monoisotopic (exact) mass is 320 g/mol. The van der Waals surface area contributed by atoms with Crippen molar-refractivity contribution < 1.29 is 4.79 Å². The summed E-state index contributed by atoms with van der Waals surface area (Å²) in [6, 6.07) is 16.0. The maximum Gasteiger partial charge on any atom is 0.258 e. The van der Waals surface area contributed by atoms with Crippen LogP contribution in [-0.4, -0.2) is 15.2 Å². The molecule has 0 N–H and O–H groups in total. The molecule has 0 saturated carbocycles. The van der Waals surface area contributed by atoms with Crippen LogP contribution < -0.4 is 5.56 Å². The van der Waals surface area contributed by atoms with Crippen molar-refractivity contribution in [2.24, 2.45) is 0 Å². The predicted molar refractivity (Wildman–Crippen MR) is 91.5 cm³/mol. The number of nitrogens with zero attached hydrogens (tertiary/aromatic N) is 2. The van der Waals surface area contributed by atoms with E-state index in [2.05, 4.69) is 4.98 Å². The second-order valence-electron chi connectivity index (χ2n) is 5.32. The first kappa shape index (κ1) is 13.8. The molecule has 0 spiro atoms. The molecule has 5 heteroatoms. The van der Waals surface area contributed by atoms with Gasteiger partial charge < -0.3 is 0 Å². The average Bonchev–Trinajstić information content (AvgIpc) is 2.92. The van der Waals surface area contributed by atoms with Crippen molar-refractivity contribution in [2.75, 3.05) is 0 Å². The lowest BCUT2D eigenvalue weighted by Gasteiger charge is -2.01. The first-order valence-corrected chi connectivity index (χ1v) is 7.98. The van der Waals surface area contributed by atoms with Crippen LogP contribution in [0.25, 0.3) is 16.0 Å². The smallest absolute Gasteiger partial charge is 0.258 e. The summed E-state index contributed by atoms with van der Waals surface area (Å²) >= 11 is 1.46. The van der Waals surface area contributed by atoms with Crippen LogP contribution in [0, 0.1) is 6.92 Å². The molecule has 23 heavy (non-hydrogen) atoms. The number of imidazole rings is 1. The van der Waals surface area contributed by atoms with Gasteiger partial charge in [-0.3, -0.25) is 14.0 Å². The molecule has 0 aliphatic carbocycles. The first-order chi connectivity index (χ1) is 11.1. The predicted octanol–water partition coefficient (Wildman–Crippen LogP) is 3.45. The molecule has 0 fully saturated rings. The number of fused-ring (bicyclic) bond motifs is 3. The van der Waals surface area contributed by atoms with Gasteiger partial charge in [0, 0.05) is 22.1 Å². The zero-order valence-corrected chi connectivity index (χ0v) is 13.1. The van der Waals surface area contributed by atoms with E-state index >= 15 is 0 Å². The Morgan fingerprint density at radius 2 is 1.83 bits per heavy atom. The van der Waals surface area contributed by atoms with Gasteiger partial charge in [0.25, 0.3) is 5.56 Å². The van der Waals surface area contributed by atoms with Gasteiger partial charge in [-0.25, -0.2) is 4.98 Å². The number of hydrogen-bond donors (Lipinski definition) is 0. The SMILES string of the molecule is Cc1cc(=O)n2c(nc3cc(C(=O)c4ccccc4)ccc32)s1. The number of hydrogen-bond acceptors (Lipinski definition) is 4. The van der Waals surface area contributed by atoms with Crippen molar-refractivity contribution in [1.29, 1.82) is 0 Å². The first-order valence-electron chi connectivity index (χ1n) is 7.16. The van der Waals surface area contributed by atoms with Crippen molar-refractivity contribution >= 4 is 33.1 Å². The summed E-state index contributed by atoms with van der Waals surface area (Å²) in [7, 11) is 0. The molecule has 0 amide bonds. The molecule has 0 atom stereocenters. The Morgan fingerprint density at radius 1 is 1.04 bits per heavy atom. The topological polar surface area (TPSA) is 51.4 Å². The number of carbonyl (C=O) groups is 1. The fourth-order valence-corrected chi connectivity index (χ4v) is 3.52. The minimum absolute atomic E-state index is 0.0493. The van der Waals surface area contributed by atoms with Crippen LogP contribution in [0.1, 0.15) is 20.8 Å². The molecule has 0 unspecified atom stereocenters. The van der Waals surface area contributed by atoms with Gasteiger partial charge in [0.2, 0.25) is 0 Å². The van der Waals surface area contributed by atoms with Gasteiger partial charge in [-0.2, -0.15) is 0 Å². The van der Waals surface area contributed by atoms with Crippen LogP contribution >= 0.6 is 11.3 Å². The highest BCUT2D eigenvalue weighted by molar-refractivity contribution is 7.16. The summed E-state index contributed by atoms with van der Waals surface area (Å²) in [6.07, 6.45) is 0. The molecule has 2 heterocycles. The fourth-order valence-electron chi connectivity index (χ4n) is 2.65. The minimum Gasteiger partial charge on any atom is -0.289 e. The van der Waals surface area contributed by atoms with E-state index in [0.717, 1.165) is 10.4 Å². The molecule has 0 aliphatic heterocycles.